The monoisotopic (exact) mass is 288 g/mol. The van der Waals surface area contributed by atoms with Crippen molar-refractivity contribution in [2.24, 2.45) is 11.7 Å². The van der Waals surface area contributed by atoms with Crippen molar-refractivity contribution in [2.75, 3.05) is 11.9 Å². The van der Waals surface area contributed by atoms with Crippen molar-refractivity contribution in [3.05, 3.63) is 29.3 Å². The first-order chi connectivity index (χ1) is 9.16. The predicted molar refractivity (Wildman–Crippen MR) is 76.7 cm³/mol. The summed E-state index contributed by atoms with van der Waals surface area (Å²) in [5.74, 6) is 0.498. The molecule has 114 valence electrons. The van der Waals surface area contributed by atoms with Crippen LogP contribution in [0.1, 0.15) is 38.3 Å². The maximum absolute atomic E-state index is 13.0. The first-order valence-corrected chi connectivity index (χ1v) is 6.79. The van der Waals surface area contributed by atoms with Gasteiger partial charge in [-0.25, -0.2) is 0 Å². The lowest BCUT2D eigenvalue weighted by Crippen LogP contribution is -2.30. The van der Waals surface area contributed by atoms with Crippen molar-refractivity contribution < 1.29 is 13.2 Å². The third-order valence-corrected chi connectivity index (χ3v) is 3.50. The van der Waals surface area contributed by atoms with Crippen LogP contribution in [0.3, 0.4) is 0 Å². The van der Waals surface area contributed by atoms with Gasteiger partial charge >= 0.3 is 6.18 Å². The van der Waals surface area contributed by atoms with Crippen LogP contribution in [0.5, 0.6) is 0 Å². The van der Waals surface area contributed by atoms with Gasteiger partial charge in [-0.2, -0.15) is 13.2 Å². The number of nitrogens with two attached hydrogens (primary N) is 1. The Morgan fingerprint density at radius 3 is 2.25 bits per heavy atom. The van der Waals surface area contributed by atoms with Crippen molar-refractivity contribution in [3.63, 3.8) is 0 Å². The van der Waals surface area contributed by atoms with Crippen LogP contribution in [-0.2, 0) is 12.7 Å². The van der Waals surface area contributed by atoms with E-state index in [4.69, 9.17) is 5.73 Å². The third kappa shape index (κ3) is 4.13. The zero-order valence-electron chi connectivity index (χ0n) is 12.5. The Hall–Kier alpha value is -1.23. The first kappa shape index (κ1) is 16.8. The van der Waals surface area contributed by atoms with Gasteiger partial charge in [0.2, 0.25) is 0 Å². The van der Waals surface area contributed by atoms with Crippen LogP contribution < -0.4 is 10.6 Å². The number of halogens is 3. The lowest BCUT2D eigenvalue weighted by molar-refractivity contribution is -0.138. The fourth-order valence-electron chi connectivity index (χ4n) is 2.32. The highest BCUT2D eigenvalue weighted by atomic mass is 19.4. The topological polar surface area (TPSA) is 29.3 Å². The number of benzene rings is 1. The van der Waals surface area contributed by atoms with Crippen LogP contribution in [0.15, 0.2) is 18.2 Å². The summed E-state index contributed by atoms with van der Waals surface area (Å²) in [6.45, 7) is 6.11. The summed E-state index contributed by atoms with van der Waals surface area (Å²) in [4.78, 5) is 1.88. The van der Waals surface area contributed by atoms with Crippen LogP contribution in [-0.4, -0.2) is 13.1 Å². The van der Waals surface area contributed by atoms with Crippen molar-refractivity contribution in [1.82, 2.24) is 0 Å². The Morgan fingerprint density at radius 1 is 1.20 bits per heavy atom. The second kappa shape index (κ2) is 6.48. The average molecular weight is 288 g/mol. The maximum Gasteiger partial charge on any atom is 0.416 e. The standard InChI is InChI=1S/C15H23F3N2/c1-10(2)7-11(3)20(4)13-6-5-12(9-19)14(8-13)15(16,17)18/h5-6,8,10-11H,7,9,19H2,1-4H3. The van der Waals surface area contributed by atoms with Crippen molar-refractivity contribution in [2.45, 2.75) is 46.0 Å². The van der Waals surface area contributed by atoms with E-state index in [0.29, 0.717) is 11.6 Å². The molecule has 0 aromatic heterocycles. The van der Waals surface area contributed by atoms with E-state index in [1.807, 2.05) is 18.9 Å². The number of rotatable bonds is 5. The second-order valence-electron chi connectivity index (χ2n) is 5.63. The Balaban J connectivity index is 3.08. The third-order valence-electron chi connectivity index (χ3n) is 3.50. The zero-order valence-corrected chi connectivity index (χ0v) is 12.5. The number of hydrogen-bond donors (Lipinski definition) is 1. The highest BCUT2D eigenvalue weighted by Gasteiger charge is 2.33. The van der Waals surface area contributed by atoms with Gasteiger partial charge in [-0.05, 0) is 37.0 Å². The molecule has 0 spiro atoms. The molecule has 0 saturated carbocycles. The summed E-state index contributed by atoms with van der Waals surface area (Å²) in [5, 5.41) is 0. The van der Waals surface area contributed by atoms with Gasteiger partial charge < -0.3 is 10.6 Å². The Bertz CT molecular complexity index is 441. The van der Waals surface area contributed by atoms with E-state index in [0.717, 1.165) is 6.42 Å². The summed E-state index contributed by atoms with van der Waals surface area (Å²) in [6.07, 6.45) is -3.44. The molecule has 5 heteroatoms. The quantitative estimate of drug-likeness (QED) is 0.886. The van der Waals surface area contributed by atoms with Gasteiger partial charge in [0.05, 0.1) is 5.56 Å². The van der Waals surface area contributed by atoms with Gasteiger partial charge in [-0.3, -0.25) is 0 Å². The molecule has 0 fully saturated rings. The summed E-state index contributed by atoms with van der Waals surface area (Å²) >= 11 is 0. The van der Waals surface area contributed by atoms with Crippen molar-refractivity contribution in [1.29, 1.82) is 0 Å². The molecule has 2 nitrogen and oxygen atoms in total. The Labute approximate surface area is 118 Å². The summed E-state index contributed by atoms with van der Waals surface area (Å²) in [6, 6.07) is 4.55. The molecule has 0 aliphatic carbocycles. The van der Waals surface area contributed by atoms with Crippen LogP contribution in [0.2, 0.25) is 0 Å². The summed E-state index contributed by atoms with van der Waals surface area (Å²) < 4.78 is 39.0. The molecule has 1 unspecified atom stereocenters. The molecule has 0 aliphatic heterocycles. The normalized spacial score (nSPS) is 13.7. The second-order valence-corrected chi connectivity index (χ2v) is 5.63. The minimum absolute atomic E-state index is 0.111. The first-order valence-electron chi connectivity index (χ1n) is 6.79. The Kier molecular flexibility index (Phi) is 5.45. The van der Waals surface area contributed by atoms with Crippen LogP contribution in [0.4, 0.5) is 18.9 Å². The van der Waals surface area contributed by atoms with Gasteiger partial charge in [-0.1, -0.05) is 19.9 Å². The molecule has 1 aromatic rings. The molecule has 1 aromatic carbocycles. The molecule has 2 N–H and O–H groups in total. The minimum Gasteiger partial charge on any atom is -0.372 e. The van der Waals surface area contributed by atoms with Crippen molar-refractivity contribution in [3.8, 4) is 0 Å². The van der Waals surface area contributed by atoms with Gasteiger partial charge in [0, 0.05) is 25.3 Å². The molecule has 0 aliphatic rings. The molecule has 20 heavy (non-hydrogen) atoms. The minimum atomic E-state index is -4.37. The SMILES string of the molecule is CC(C)CC(C)N(C)c1ccc(CN)c(C(F)(F)F)c1. The molecule has 0 radical (unpaired) electrons. The zero-order chi connectivity index (χ0) is 15.5. The van der Waals surface area contributed by atoms with E-state index in [1.54, 1.807) is 6.07 Å². The molecular weight excluding hydrogens is 265 g/mol. The molecular formula is C15H23F3N2. The van der Waals surface area contributed by atoms with Crippen LogP contribution >= 0.6 is 0 Å². The van der Waals surface area contributed by atoms with E-state index in [2.05, 4.69) is 13.8 Å². The van der Waals surface area contributed by atoms with Gasteiger partial charge in [-0.15, -0.1) is 0 Å². The van der Waals surface area contributed by atoms with Crippen LogP contribution in [0.25, 0.3) is 0 Å². The van der Waals surface area contributed by atoms with E-state index >= 15 is 0 Å². The largest absolute Gasteiger partial charge is 0.416 e. The predicted octanol–water partition coefficient (Wildman–Crippen LogP) is 4.03. The van der Waals surface area contributed by atoms with Crippen molar-refractivity contribution >= 4 is 5.69 Å². The Morgan fingerprint density at radius 2 is 1.80 bits per heavy atom. The smallest absolute Gasteiger partial charge is 0.372 e. The number of alkyl halides is 3. The number of nitrogens with zero attached hydrogens (tertiary/aromatic N) is 1. The summed E-state index contributed by atoms with van der Waals surface area (Å²) in [5.41, 5.74) is 5.45. The van der Waals surface area contributed by atoms with Crippen LogP contribution in [0, 0.1) is 5.92 Å². The number of anilines is 1. The van der Waals surface area contributed by atoms with Gasteiger partial charge in [0.25, 0.3) is 0 Å². The molecule has 0 heterocycles. The number of hydrogen-bond acceptors (Lipinski definition) is 2. The fraction of sp³-hybridized carbons (Fsp3) is 0.600. The van der Waals surface area contributed by atoms with Gasteiger partial charge in [0.15, 0.2) is 0 Å². The summed E-state index contributed by atoms with van der Waals surface area (Å²) in [7, 11) is 1.82. The molecule has 0 bridgehead atoms. The lowest BCUT2D eigenvalue weighted by atomic mass is 10.0. The molecule has 1 rings (SSSR count). The molecule has 0 amide bonds. The van der Waals surface area contributed by atoms with E-state index in [9.17, 15) is 13.2 Å². The van der Waals surface area contributed by atoms with E-state index in [-0.39, 0.29) is 18.2 Å². The fourth-order valence-corrected chi connectivity index (χ4v) is 2.32. The van der Waals surface area contributed by atoms with E-state index < -0.39 is 11.7 Å². The maximum atomic E-state index is 13.0. The molecule has 0 saturated heterocycles. The highest BCUT2D eigenvalue weighted by Crippen LogP contribution is 2.35. The average Bonchev–Trinajstić information content (AvgIpc) is 2.35. The highest BCUT2D eigenvalue weighted by molar-refractivity contribution is 5.52. The lowest BCUT2D eigenvalue weighted by Gasteiger charge is -2.29. The molecule has 1 atom stereocenters. The van der Waals surface area contributed by atoms with Gasteiger partial charge in [0.1, 0.15) is 0 Å². The van der Waals surface area contributed by atoms with E-state index in [1.165, 1.54) is 12.1 Å².